The Morgan fingerprint density at radius 1 is 0.241 bits per heavy atom. The van der Waals surface area contributed by atoms with Crippen molar-refractivity contribution in [2.45, 2.75) is 425 Å². The molecule has 0 radical (unpaired) electrons. The smallest absolute Gasteiger partial charge is 0.306 e. The van der Waals surface area contributed by atoms with Crippen LogP contribution in [-0.4, -0.2) is 37.2 Å². The number of allylic oxidation sites excluding steroid dienone is 6. The van der Waals surface area contributed by atoms with Gasteiger partial charge in [0.1, 0.15) is 13.2 Å². The standard InChI is InChI=1S/C77H144O6/c1-4-7-10-13-16-19-21-23-25-27-29-31-32-33-34-35-36-37-38-39-40-41-42-43-44-46-47-49-51-53-55-58-61-64-67-70-76(79)82-73-74(72-81-75(78)69-66-63-60-57-18-15-12-9-6-3)83-77(80)71-68-65-62-59-56-54-52-50-48-45-30-28-26-24-22-20-17-14-11-8-5-2/h21,23,27-30,74H,4-20,22,24-26,31-73H2,1-3H3/b23-21-,29-27-,30-28-. The maximum absolute atomic E-state index is 12.9. The molecule has 6 heteroatoms. The summed E-state index contributed by atoms with van der Waals surface area (Å²) in [6.45, 7) is 6.68. The molecular formula is C77H144O6. The van der Waals surface area contributed by atoms with Gasteiger partial charge in [-0.15, -0.1) is 0 Å². The first-order valence-corrected chi connectivity index (χ1v) is 37.5. The van der Waals surface area contributed by atoms with Crippen molar-refractivity contribution in [1.29, 1.82) is 0 Å². The van der Waals surface area contributed by atoms with Crippen LogP contribution in [0.4, 0.5) is 0 Å². The third kappa shape index (κ3) is 70.3. The average Bonchev–Trinajstić information content (AvgIpc) is 3.49. The Bertz CT molecular complexity index is 1380. The SMILES string of the molecule is CCCCCCC/C=C\C/C=C\CCCCCCCCCCCCCCCCCCCCCCCCCC(=O)OCC(COC(=O)CCCCCCCCCCC)OC(=O)CCCCCCCCCCC/C=C\CCCCCCCCCC. The molecule has 0 amide bonds. The van der Waals surface area contributed by atoms with E-state index >= 15 is 0 Å². The molecule has 83 heavy (non-hydrogen) atoms. The summed E-state index contributed by atoms with van der Waals surface area (Å²) in [6, 6.07) is 0. The van der Waals surface area contributed by atoms with Gasteiger partial charge in [0.05, 0.1) is 0 Å². The van der Waals surface area contributed by atoms with E-state index in [0.717, 1.165) is 64.2 Å². The van der Waals surface area contributed by atoms with Crippen LogP contribution in [0.3, 0.4) is 0 Å². The molecule has 0 fully saturated rings. The Morgan fingerprint density at radius 2 is 0.434 bits per heavy atom. The second-order valence-corrected chi connectivity index (χ2v) is 25.6. The highest BCUT2D eigenvalue weighted by atomic mass is 16.6. The van der Waals surface area contributed by atoms with Crippen LogP contribution in [0.25, 0.3) is 0 Å². The van der Waals surface area contributed by atoms with Gasteiger partial charge in [-0.05, 0) is 77.0 Å². The first kappa shape index (κ1) is 80.6. The van der Waals surface area contributed by atoms with E-state index in [9.17, 15) is 14.4 Å². The molecule has 1 unspecified atom stereocenters. The first-order chi connectivity index (χ1) is 41.0. The quantitative estimate of drug-likeness (QED) is 0.0261. The van der Waals surface area contributed by atoms with Crippen molar-refractivity contribution in [2.75, 3.05) is 13.2 Å². The van der Waals surface area contributed by atoms with Gasteiger partial charge in [0.15, 0.2) is 6.10 Å². The molecule has 0 aliphatic carbocycles. The minimum atomic E-state index is -0.769. The van der Waals surface area contributed by atoms with Crippen molar-refractivity contribution in [3.63, 3.8) is 0 Å². The summed E-state index contributed by atoms with van der Waals surface area (Å²) in [6.07, 6.45) is 90.7. The molecule has 0 heterocycles. The largest absolute Gasteiger partial charge is 0.462 e. The number of esters is 3. The maximum atomic E-state index is 12.9. The molecule has 0 rings (SSSR count). The Hall–Kier alpha value is -2.37. The predicted molar refractivity (Wildman–Crippen MR) is 362 cm³/mol. The minimum Gasteiger partial charge on any atom is -0.462 e. The topological polar surface area (TPSA) is 78.9 Å². The van der Waals surface area contributed by atoms with Gasteiger partial charge >= 0.3 is 17.9 Å². The normalized spacial score (nSPS) is 12.2. The Morgan fingerprint density at radius 3 is 0.675 bits per heavy atom. The third-order valence-corrected chi connectivity index (χ3v) is 17.1. The second-order valence-electron chi connectivity index (χ2n) is 25.6. The van der Waals surface area contributed by atoms with Crippen LogP contribution in [0.15, 0.2) is 36.5 Å². The second kappa shape index (κ2) is 72.1. The lowest BCUT2D eigenvalue weighted by Gasteiger charge is -2.18. The van der Waals surface area contributed by atoms with E-state index in [1.54, 1.807) is 0 Å². The summed E-state index contributed by atoms with van der Waals surface area (Å²) in [5.74, 6) is -0.842. The van der Waals surface area contributed by atoms with E-state index in [0.29, 0.717) is 19.3 Å². The number of carbonyl (C=O) groups is 3. The van der Waals surface area contributed by atoms with Gasteiger partial charge < -0.3 is 14.2 Å². The Labute approximate surface area is 518 Å². The van der Waals surface area contributed by atoms with Crippen molar-refractivity contribution in [3.05, 3.63) is 36.5 Å². The summed E-state index contributed by atoms with van der Waals surface area (Å²) >= 11 is 0. The van der Waals surface area contributed by atoms with Gasteiger partial charge in [-0.1, -0.05) is 359 Å². The van der Waals surface area contributed by atoms with Gasteiger partial charge in [0.2, 0.25) is 0 Å². The van der Waals surface area contributed by atoms with Gasteiger partial charge in [-0.25, -0.2) is 0 Å². The van der Waals surface area contributed by atoms with Crippen molar-refractivity contribution in [3.8, 4) is 0 Å². The van der Waals surface area contributed by atoms with Crippen LogP contribution >= 0.6 is 0 Å². The van der Waals surface area contributed by atoms with Crippen molar-refractivity contribution in [2.24, 2.45) is 0 Å². The van der Waals surface area contributed by atoms with E-state index < -0.39 is 6.10 Å². The van der Waals surface area contributed by atoms with Crippen LogP contribution in [0.1, 0.15) is 419 Å². The molecule has 0 saturated carbocycles. The van der Waals surface area contributed by atoms with Crippen molar-refractivity contribution in [1.82, 2.24) is 0 Å². The fraction of sp³-hybridized carbons (Fsp3) is 0.883. The third-order valence-electron chi connectivity index (χ3n) is 17.1. The molecular weight excluding hydrogens is 1020 g/mol. The summed E-state index contributed by atoms with van der Waals surface area (Å²) in [5.41, 5.74) is 0. The van der Waals surface area contributed by atoms with Crippen molar-refractivity contribution >= 4 is 17.9 Å². The summed E-state index contributed by atoms with van der Waals surface area (Å²) in [4.78, 5) is 38.3. The lowest BCUT2D eigenvalue weighted by atomic mass is 10.0. The summed E-state index contributed by atoms with van der Waals surface area (Å²) in [5, 5.41) is 0. The molecule has 0 saturated heterocycles. The molecule has 0 aromatic carbocycles. The molecule has 0 bridgehead atoms. The fourth-order valence-electron chi connectivity index (χ4n) is 11.5. The number of carbonyl (C=O) groups excluding carboxylic acids is 3. The van der Waals surface area contributed by atoms with Gasteiger partial charge in [-0.3, -0.25) is 14.4 Å². The van der Waals surface area contributed by atoms with Crippen LogP contribution in [0.2, 0.25) is 0 Å². The number of rotatable bonds is 70. The number of hydrogen-bond donors (Lipinski definition) is 0. The lowest BCUT2D eigenvalue weighted by molar-refractivity contribution is -0.167. The maximum Gasteiger partial charge on any atom is 0.306 e. The molecule has 488 valence electrons. The van der Waals surface area contributed by atoms with Gasteiger partial charge in [0, 0.05) is 19.3 Å². The van der Waals surface area contributed by atoms with Gasteiger partial charge in [0.25, 0.3) is 0 Å². The number of ether oxygens (including phenoxy) is 3. The highest BCUT2D eigenvalue weighted by Gasteiger charge is 2.20. The lowest BCUT2D eigenvalue weighted by Crippen LogP contribution is -2.30. The van der Waals surface area contributed by atoms with Crippen LogP contribution in [0.5, 0.6) is 0 Å². The molecule has 0 aliphatic heterocycles. The van der Waals surface area contributed by atoms with E-state index in [1.807, 2.05) is 0 Å². The van der Waals surface area contributed by atoms with E-state index in [-0.39, 0.29) is 31.1 Å². The average molecular weight is 1170 g/mol. The predicted octanol–water partition coefficient (Wildman–Crippen LogP) is 25.9. The highest BCUT2D eigenvalue weighted by molar-refractivity contribution is 5.71. The zero-order valence-electron chi connectivity index (χ0n) is 56.2. The summed E-state index contributed by atoms with van der Waals surface area (Å²) in [7, 11) is 0. The minimum absolute atomic E-state index is 0.0664. The van der Waals surface area contributed by atoms with E-state index in [2.05, 4.69) is 57.2 Å². The number of unbranched alkanes of at least 4 members (excludes halogenated alkanes) is 53. The van der Waals surface area contributed by atoms with E-state index in [4.69, 9.17) is 14.2 Å². The highest BCUT2D eigenvalue weighted by Crippen LogP contribution is 2.19. The van der Waals surface area contributed by atoms with Crippen LogP contribution < -0.4 is 0 Å². The van der Waals surface area contributed by atoms with Crippen molar-refractivity contribution < 1.29 is 28.6 Å². The van der Waals surface area contributed by atoms with E-state index in [1.165, 1.54) is 315 Å². The zero-order valence-corrected chi connectivity index (χ0v) is 56.2. The fourth-order valence-corrected chi connectivity index (χ4v) is 11.5. The Kier molecular flexibility index (Phi) is 70.0. The molecule has 0 aliphatic rings. The zero-order chi connectivity index (χ0) is 59.9. The molecule has 0 aromatic rings. The Balaban J connectivity index is 4.00. The monoisotopic (exact) mass is 1170 g/mol. The summed E-state index contributed by atoms with van der Waals surface area (Å²) < 4.78 is 17.0. The first-order valence-electron chi connectivity index (χ1n) is 37.5. The van der Waals surface area contributed by atoms with Gasteiger partial charge in [-0.2, -0.15) is 0 Å². The molecule has 0 aromatic heterocycles. The van der Waals surface area contributed by atoms with Crippen LogP contribution in [0, 0.1) is 0 Å². The molecule has 1 atom stereocenters. The molecule has 6 nitrogen and oxygen atoms in total. The number of hydrogen-bond acceptors (Lipinski definition) is 6. The molecule has 0 N–H and O–H groups in total. The van der Waals surface area contributed by atoms with Crippen LogP contribution in [-0.2, 0) is 28.6 Å². The molecule has 0 spiro atoms.